The van der Waals surface area contributed by atoms with Gasteiger partial charge in [0.05, 0.1) is 17.2 Å². The Bertz CT molecular complexity index is 1250. The van der Waals surface area contributed by atoms with Gasteiger partial charge in [-0.3, -0.25) is 10.2 Å². The van der Waals surface area contributed by atoms with Gasteiger partial charge in [-0.25, -0.2) is 0 Å². The smallest absolute Gasteiger partial charge is 0.283 e. The van der Waals surface area contributed by atoms with Crippen LogP contribution in [-0.4, -0.2) is 34.1 Å². The minimum Gasteiger partial charge on any atom is -0.493 e. The lowest BCUT2D eigenvalue weighted by molar-refractivity contribution is -0.114. The lowest BCUT2D eigenvalue weighted by Crippen LogP contribution is -2.35. The van der Waals surface area contributed by atoms with Gasteiger partial charge >= 0.3 is 0 Å². The van der Waals surface area contributed by atoms with E-state index < -0.39 is 5.91 Å². The summed E-state index contributed by atoms with van der Waals surface area (Å²) in [6, 6.07) is 13.5. The van der Waals surface area contributed by atoms with E-state index in [1.54, 1.807) is 19.3 Å². The van der Waals surface area contributed by atoms with Crippen molar-refractivity contribution in [3.8, 4) is 11.5 Å². The monoisotopic (exact) mass is 552 g/mol. The van der Waals surface area contributed by atoms with E-state index in [-0.39, 0.29) is 11.4 Å². The maximum absolute atomic E-state index is 12.8. The van der Waals surface area contributed by atoms with Gasteiger partial charge < -0.3 is 9.47 Å². The van der Waals surface area contributed by atoms with Gasteiger partial charge in [0.2, 0.25) is 5.17 Å². The van der Waals surface area contributed by atoms with Gasteiger partial charge in [0.15, 0.2) is 17.3 Å². The lowest BCUT2D eigenvalue weighted by atomic mass is 9.90. The fraction of sp³-hybridized carbons (Fsp3) is 0.308. The van der Waals surface area contributed by atoms with Gasteiger partial charge in [-0.1, -0.05) is 49.6 Å². The zero-order valence-electron chi connectivity index (χ0n) is 19.3. The number of hydrazone groups is 1. The van der Waals surface area contributed by atoms with E-state index in [9.17, 15) is 4.79 Å². The average molecular weight is 553 g/mol. The normalized spacial score (nSPS) is 19.5. The number of ether oxygens (including phenoxy) is 2. The Kier molecular flexibility index (Phi) is 7.06. The summed E-state index contributed by atoms with van der Waals surface area (Å²) in [4.78, 5) is 17.1. The number of carbonyl (C=O) groups excluding carboxylic acids is 1. The molecule has 2 aromatic carbocycles. The van der Waals surface area contributed by atoms with E-state index in [0.717, 1.165) is 23.4 Å². The third kappa shape index (κ3) is 5.06. The van der Waals surface area contributed by atoms with Crippen molar-refractivity contribution in [1.29, 1.82) is 5.41 Å². The van der Waals surface area contributed by atoms with Crippen LogP contribution in [-0.2, 0) is 11.4 Å². The Morgan fingerprint density at radius 3 is 2.71 bits per heavy atom. The van der Waals surface area contributed by atoms with Crippen molar-refractivity contribution < 1.29 is 14.3 Å². The molecule has 9 heteroatoms. The largest absolute Gasteiger partial charge is 0.493 e. The van der Waals surface area contributed by atoms with E-state index in [4.69, 9.17) is 14.9 Å². The Morgan fingerprint density at radius 1 is 1.20 bits per heavy atom. The molecule has 0 spiro atoms. The molecule has 0 unspecified atom stereocenters. The third-order valence-corrected chi connectivity index (χ3v) is 7.87. The topological polar surface area (TPSA) is 87.3 Å². The number of methoxy groups -OCH3 is 1. The van der Waals surface area contributed by atoms with Crippen LogP contribution in [0.15, 0.2) is 62.6 Å². The van der Waals surface area contributed by atoms with Gasteiger partial charge in [-0.2, -0.15) is 15.1 Å². The van der Waals surface area contributed by atoms with Crippen LogP contribution in [0.5, 0.6) is 11.5 Å². The minimum atomic E-state index is -0.437. The number of amides is 1. The molecule has 1 saturated carbocycles. The number of fused-ring (bicyclic) bond motifs is 1. The van der Waals surface area contributed by atoms with E-state index in [1.165, 1.54) is 36.0 Å². The number of nitrogens with zero attached hydrogens (tertiary/aromatic N) is 3. The molecule has 2 aromatic rings. The quantitative estimate of drug-likeness (QED) is 0.428. The number of aliphatic imine (C=N–C) groups is 1. The summed E-state index contributed by atoms with van der Waals surface area (Å²) in [5, 5.41) is 16.3. The number of hydrogen-bond acceptors (Lipinski definition) is 6. The van der Waals surface area contributed by atoms with Crippen molar-refractivity contribution in [1.82, 2.24) is 5.01 Å². The number of benzene rings is 2. The molecule has 0 radical (unpaired) electrons. The summed E-state index contributed by atoms with van der Waals surface area (Å²) in [6.07, 6.45) is 7.50. The summed E-state index contributed by atoms with van der Waals surface area (Å²) < 4.78 is 12.3. The molecule has 180 valence electrons. The van der Waals surface area contributed by atoms with Crippen LogP contribution in [0.1, 0.15) is 43.2 Å². The summed E-state index contributed by atoms with van der Waals surface area (Å²) >= 11 is 4.99. The Morgan fingerprint density at radius 2 is 1.97 bits per heavy atom. The van der Waals surface area contributed by atoms with Crippen molar-refractivity contribution >= 4 is 55.7 Å². The Hall–Kier alpha value is -2.91. The van der Waals surface area contributed by atoms with E-state index in [2.05, 4.69) is 26.0 Å². The first-order valence-electron chi connectivity index (χ1n) is 11.6. The molecule has 5 rings (SSSR count). The highest BCUT2D eigenvalue weighted by atomic mass is 79.9. The molecule has 2 heterocycles. The van der Waals surface area contributed by atoms with Crippen LogP contribution >= 0.6 is 27.7 Å². The summed E-state index contributed by atoms with van der Waals surface area (Å²) in [7, 11) is 1.57. The van der Waals surface area contributed by atoms with Crippen molar-refractivity contribution in [2.45, 2.75) is 38.7 Å². The van der Waals surface area contributed by atoms with Gasteiger partial charge in [0, 0.05) is 5.92 Å². The van der Waals surface area contributed by atoms with Crippen LogP contribution in [0.3, 0.4) is 0 Å². The average Bonchev–Trinajstić information content (AvgIpc) is 3.31. The zero-order chi connectivity index (χ0) is 24.4. The fourth-order valence-corrected chi connectivity index (χ4v) is 6.01. The number of nitrogens with one attached hydrogen (secondary N) is 1. The van der Waals surface area contributed by atoms with Crippen LogP contribution in [0.2, 0.25) is 0 Å². The SMILES string of the molecule is COc1cc(C=C2C(=N)N3N=C(C4CCCCC4)SC3=NC2=O)cc(Br)c1OCc1ccccc1. The molecule has 1 fully saturated rings. The summed E-state index contributed by atoms with van der Waals surface area (Å²) in [5.41, 5.74) is 1.92. The van der Waals surface area contributed by atoms with E-state index in [1.807, 2.05) is 36.4 Å². The molecule has 1 amide bonds. The van der Waals surface area contributed by atoms with Gasteiger partial charge in [0.25, 0.3) is 5.91 Å². The van der Waals surface area contributed by atoms with Gasteiger partial charge in [-0.15, -0.1) is 0 Å². The van der Waals surface area contributed by atoms with Crippen LogP contribution in [0.4, 0.5) is 0 Å². The number of rotatable bonds is 6. The second-order valence-corrected chi connectivity index (χ2v) is 10.4. The second-order valence-electron chi connectivity index (χ2n) is 8.60. The maximum atomic E-state index is 12.8. The van der Waals surface area contributed by atoms with E-state index >= 15 is 0 Å². The predicted molar refractivity (Wildman–Crippen MR) is 143 cm³/mol. The highest BCUT2D eigenvalue weighted by molar-refractivity contribution is 9.10. The van der Waals surface area contributed by atoms with Crippen LogP contribution in [0.25, 0.3) is 6.08 Å². The molecule has 1 aliphatic carbocycles. The molecule has 3 aliphatic rings. The lowest BCUT2D eigenvalue weighted by Gasteiger charge is -2.20. The fourth-order valence-electron chi connectivity index (χ4n) is 4.38. The van der Waals surface area contributed by atoms with Gasteiger partial charge in [0.1, 0.15) is 11.7 Å². The van der Waals surface area contributed by atoms with Crippen molar-refractivity contribution in [2.24, 2.45) is 16.0 Å². The molecule has 2 aliphatic heterocycles. The number of halogens is 1. The first kappa shape index (κ1) is 23.8. The molecule has 7 nitrogen and oxygen atoms in total. The Labute approximate surface area is 216 Å². The predicted octanol–water partition coefficient (Wildman–Crippen LogP) is 6.24. The minimum absolute atomic E-state index is 0.0396. The molecular formula is C26H25BrN4O3S. The first-order valence-corrected chi connectivity index (χ1v) is 13.2. The van der Waals surface area contributed by atoms with E-state index in [0.29, 0.717) is 39.2 Å². The highest BCUT2D eigenvalue weighted by Crippen LogP contribution is 2.39. The molecular weight excluding hydrogens is 528 g/mol. The molecule has 0 aromatic heterocycles. The molecule has 0 saturated heterocycles. The number of hydrogen-bond donors (Lipinski definition) is 1. The second kappa shape index (κ2) is 10.4. The molecule has 0 atom stereocenters. The maximum Gasteiger partial charge on any atom is 0.283 e. The number of thioether (sulfide) groups is 1. The van der Waals surface area contributed by atoms with Crippen LogP contribution in [0, 0.1) is 11.3 Å². The zero-order valence-corrected chi connectivity index (χ0v) is 21.7. The Balaban J connectivity index is 1.39. The third-order valence-electron chi connectivity index (χ3n) is 6.21. The van der Waals surface area contributed by atoms with Crippen molar-refractivity contribution in [3.05, 3.63) is 63.6 Å². The highest BCUT2D eigenvalue weighted by Gasteiger charge is 2.38. The summed E-state index contributed by atoms with van der Waals surface area (Å²) in [6.45, 7) is 0.394. The molecule has 0 bridgehead atoms. The number of carbonyl (C=O) groups is 1. The van der Waals surface area contributed by atoms with Gasteiger partial charge in [-0.05, 0) is 69.9 Å². The molecule has 35 heavy (non-hydrogen) atoms. The first-order chi connectivity index (χ1) is 17.0. The van der Waals surface area contributed by atoms with Crippen LogP contribution < -0.4 is 9.47 Å². The molecule has 1 N–H and O–H groups in total. The summed E-state index contributed by atoms with van der Waals surface area (Å²) in [5.74, 6) is 1.09. The van der Waals surface area contributed by atoms with Crippen molar-refractivity contribution in [3.63, 3.8) is 0 Å². The standard InChI is InChI=1S/C26H25BrN4O3S/c1-33-21-14-17(13-20(27)22(21)34-15-16-8-4-2-5-9-16)12-19-23(28)31-26(29-24(19)32)35-25(30-31)18-10-6-3-7-11-18/h2,4-5,8-9,12-14,18,28H,3,6-7,10-11,15H2,1H3. The number of amidine groups is 2. The van der Waals surface area contributed by atoms with Crippen molar-refractivity contribution in [2.75, 3.05) is 7.11 Å².